The Kier molecular flexibility index (Phi) is 7.61. The number of methoxy groups -OCH3 is 1. The number of rotatable bonds is 7. The van der Waals surface area contributed by atoms with E-state index in [2.05, 4.69) is 25.4 Å². The predicted octanol–water partition coefficient (Wildman–Crippen LogP) is 3.76. The Balaban J connectivity index is 1.25. The van der Waals surface area contributed by atoms with Crippen molar-refractivity contribution >= 4 is 40.6 Å². The maximum absolute atomic E-state index is 12.5. The Morgan fingerprint density at radius 2 is 1.71 bits per heavy atom. The summed E-state index contributed by atoms with van der Waals surface area (Å²) in [6.07, 6.45) is 1.64. The van der Waals surface area contributed by atoms with E-state index in [1.807, 2.05) is 24.3 Å². The minimum absolute atomic E-state index is 0.0932. The van der Waals surface area contributed by atoms with Crippen LogP contribution in [0.1, 0.15) is 10.4 Å². The number of nitrogens with zero attached hydrogens (tertiary/aromatic N) is 3. The number of aromatic nitrogens is 1. The molecule has 3 aromatic rings. The van der Waals surface area contributed by atoms with Crippen molar-refractivity contribution in [3.05, 3.63) is 77.4 Å². The molecule has 0 aliphatic carbocycles. The topological polar surface area (TPSA) is 86.8 Å². The molecule has 0 unspecified atom stereocenters. The second-order valence-electron chi connectivity index (χ2n) is 7.88. The van der Waals surface area contributed by atoms with Gasteiger partial charge in [-0.3, -0.25) is 14.5 Å². The highest BCUT2D eigenvalue weighted by Gasteiger charge is 2.20. The summed E-state index contributed by atoms with van der Waals surface area (Å²) >= 11 is 5.91. The summed E-state index contributed by atoms with van der Waals surface area (Å²) in [5, 5.41) is 6.35. The molecule has 34 heavy (non-hydrogen) atoms. The van der Waals surface area contributed by atoms with Crippen LogP contribution in [-0.4, -0.2) is 61.5 Å². The first-order valence-electron chi connectivity index (χ1n) is 10.9. The number of hydrogen-bond donors (Lipinski definition) is 2. The van der Waals surface area contributed by atoms with Crippen LogP contribution in [0.4, 0.5) is 17.2 Å². The third-order valence-corrected chi connectivity index (χ3v) is 5.78. The second-order valence-corrected chi connectivity index (χ2v) is 8.31. The molecule has 0 radical (unpaired) electrons. The second kappa shape index (κ2) is 11.0. The van der Waals surface area contributed by atoms with Gasteiger partial charge in [-0.15, -0.1) is 0 Å². The van der Waals surface area contributed by atoms with Gasteiger partial charge in [-0.2, -0.15) is 0 Å². The molecule has 1 aliphatic heterocycles. The largest absolute Gasteiger partial charge is 0.495 e. The van der Waals surface area contributed by atoms with Crippen LogP contribution in [0.2, 0.25) is 5.02 Å². The van der Waals surface area contributed by atoms with Crippen LogP contribution in [0.25, 0.3) is 0 Å². The van der Waals surface area contributed by atoms with Gasteiger partial charge in [0.15, 0.2) is 0 Å². The highest BCUT2D eigenvalue weighted by molar-refractivity contribution is 6.30. The van der Waals surface area contributed by atoms with Gasteiger partial charge >= 0.3 is 0 Å². The fraction of sp³-hybridized carbons (Fsp3) is 0.240. The van der Waals surface area contributed by atoms with Crippen molar-refractivity contribution in [2.45, 2.75) is 0 Å². The molecular weight excluding hydrogens is 454 g/mol. The van der Waals surface area contributed by atoms with Gasteiger partial charge in [0, 0.05) is 43.6 Å². The van der Waals surface area contributed by atoms with Crippen LogP contribution >= 0.6 is 11.6 Å². The van der Waals surface area contributed by atoms with E-state index >= 15 is 0 Å². The highest BCUT2D eigenvalue weighted by Crippen LogP contribution is 2.24. The predicted molar refractivity (Wildman–Crippen MR) is 134 cm³/mol. The standard InChI is InChI=1S/C25H26ClN5O3/c1-34-22-5-3-2-4-21(22)29-25(33)18-6-9-20(10-7-18)28-24(32)17-30-12-14-31(15-13-30)23-11-8-19(26)16-27-23/h2-11,16H,12-15,17H2,1H3,(H,28,32)(H,29,33). The minimum Gasteiger partial charge on any atom is -0.495 e. The molecule has 2 amide bonds. The van der Waals surface area contributed by atoms with Gasteiger partial charge < -0.3 is 20.3 Å². The quantitative estimate of drug-likeness (QED) is 0.536. The van der Waals surface area contributed by atoms with E-state index in [1.54, 1.807) is 49.7 Å². The van der Waals surface area contributed by atoms with Crippen LogP contribution < -0.4 is 20.3 Å². The molecule has 1 saturated heterocycles. The lowest BCUT2D eigenvalue weighted by atomic mass is 10.2. The molecule has 0 atom stereocenters. The average molecular weight is 480 g/mol. The van der Waals surface area contributed by atoms with Gasteiger partial charge in [-0.1, -0.05) is 23.7 Å². The monoisotopic (exact) mass is 479 g/mol. The van der Waals surface area contributed by atoms with Crippen molar-refractivity contribution < 1.29 is 14.3 Å². The molecule has 0 bridgehead atoms. The lowest BCUT2D eigenvalue weighted by molar-refractivity contribution is -0.117. The smallest absolute Gasteiger partial charge is 0.255 e. The van der Waals surface area contributed by atoms with Crippen LogP contribution in [-0.2, 0) is 4.79 Å². The Morgan fingerprint density at radius 1 is 0.971 bits per heavy atom. The molecule has 9 heteroatoms. The summed E-state index contributed by atoms with van der Waals surface area (Å²) < 4.78 is 5.26. The van der Waals surface area contributed by atoms with E-state index in [4.69, 9.17) is 16.3 Å². The number of halogens is 1. The van der Waals surface area contributed by atoms with E-state index in [9.17, 15) is 9.59 Å². The third-order valence-electron chi connectivity index (χ3n) is 5.56. The molecular formula is C25H26ClN5O3. The number of anilines is 3. The van der Waals surface area contributed by atoms with Crippen molar-refractivity contribution in [3.8, 4) is 5.75 Å². The van der Waals surface area contributed by atoms with Gasteiger partial charge in [0.25, 0.3) is 5.91 Å². The molecule has 1 aromatic heterocycles. The Morgan fingerprint density at radius 3 is 2.38 bits per heavy atom. The van der Waals surface area contributed by atoms with E-state index < -0.39 is 0 Å². The molecule has 2 aromatic carbocycles. The number of nitrogens with one attached hydrogen (secondary N) is 2. The van der Waals surface area contributed by atoms with E-state index in [1.165, 1.54) is 0 Å². The van der Waals surface area contributed by atoms with Gasteiger partial charge in [-0.05, 0) is 48.5 Å². The normalized spacial score (nSPS) is 13.9. The lowest BCUT2D eigenvalue weighted by Crippen LogP contribution is -2.48. The SMILES string of the molecule is COc1ccccc1NC(=O)c1ccc(NC(=O)CN2CCN(c3ccc(Cl)cn3)CC2)cc1. The van der Waals surface area contributed by atoms with Gasteiger partial charge in [-0.25, -0.2) is 4.98 Å². The summed E-state index contributed by atoms with van der Waals surface area (Å²) in [6, 6.07) is 17.8. The van der Waals surface area contributed by atoms with Gasteiger partial charge in [0.2, 0.25) is 5.91 Å². The zero-order valence-electron chi connectivity index (χ0n) is 18.8. The lowest BCUT2D eigenvalue weighted by Gasteiger charge is -2.35. The molecule has 4 rings (SSSR count). The molecule has 1 aliphatic rings. The van der Waals surface area contributed by atoms with Crippen molar-refractivity contribution in [1.29, 1.82) is 0 Å². The zero-order valence-corrected chi connectivity index (χ0v) is 19.6. The number of ether oxygens (including phenoxy) is 1. The number of para-hydroxylation sites is 2. The third kappa shape index (κ3) is 6.03. The zero-order chi connectivity index (χ0) is 23.9. The Labute approximate surface area is 203 Å². The van der Waals surface area contributed by atoms with Crippen LogP contribution in [0.15, 0.2) is 66.9 Å². The van der Waals surface area contributed by atoms with Crippen molar-refractivity contribution in [2.24, 2.45) is 0 Å². The first-order chi connectivity index (χ1) is 16.5. The van der Waals surface area contributed by atoms with Crippen LogP contribution in [0.5, 0.6) is 5.75 Å². The number of benzene rings is 2. The fourth-order valence-corrected chi connectivity index (χ4v) is 3.85. The summed E-state index contributed by atoms with van der Waals surface area (Å²) in [6.45, 7) is 3.41. The fourth-order valence-electron chi connectivity index (χ4n) is 3.74. The van der Waals surface area contributed by atoms with Gasteiger partial charge in [0.1, 0.15) is 11.6 Å². The summed E-state index contributed by atoms with van der Waals surface area (Å²) in [5.41, 5.74) is 1.72. The molecule has 2 heterocycles. The number of carbonyl (C=O) groups excluding carboxylic acids is 2. The highest BCUT2D eigenvalue weighted by atomic mass is 35.5. The molecule has 176 valence electrons. The first-order valence-corrected chi connectivity index (χ1v) is 11.3. The molecule has 1 fully saturated rings. The molecule has 0 spiro atoms. The minimum atomic E-state index is -0.254. The van der Waals surface area contributed by atoms with E-state index in [0.717, 1.165) is 32.0 Å². The number of amides is 2. The summed E-state index contributed by atoms with van der Waals surface area (Å²) in [4.78, 5) is 33.7. The molecule has 8 nitrogen and oxygen atoms in total. The number of hydrogen-bond acceptors (Lipinski definition) is 6. The van der Waals surface area contributed by atoms with Crippen LogP contribution in [0, 0.1) is 0 Å². The van der Waals surface area contributed by atoms with E-state index in [0.29, 0.717) is 34.3 Å². The first kappa shape index (κ1) is 23.5. The average Bonchev–Trinajstić information content (AvgIpc) is 2.86. The number of piperazine rings is 1. The van der Waals surface area contributed by atoms with E-state index in [-0.39, 0.29) is 11.8 Å². The van der Waals surface area contributed by atoms with Crippen LogP contribution in [0.3, 0.4) is 0 Å². The van der Waals surface area contributed by atoms with Crippen molar-refractivity contribution in [3.63, 3.8) is 0 Å². The maximum Gasteiger partial charge on any atom is 0.255 e. The molecule has 2 N–H and O–H groups in total. The number of carbonyl (C=O) groups is 2. The van der Waals surface area contributed by atoms with Gasteiger partial charge in [0.05, 0.1) is 24.4 Å². The summed E-state index contributed by atoms with van der Waals surface area (Å²) in [7, 11) is 1.55. The van der Waals surface area contributed by atoms with Crippen molar-refractivity contribution in [1.82, 2.24) is 9.88 Å². The Bertz CT molecular complexity index is 1130. The molecule has 0 saturated carbocycles. The maximum atomic E-state index is 12.5. The summed E-state index contributed by atoms with van der Waals surface area (Å²) in [5.74, 6) is 1.13. The number of pyridine rings is 1. The Hall–Kier alpha value is -3.62. The van der Waals surface area contributed by atoms with Crippen molar-refractivity contribution in [2.75, 3.05) is 55.4 Å².